The Kier molecular flexibility index (Phi) is 5.70. The maximum absolute atomic E-state index is 13.7. The lowest BCUT2D eigenvalue weighted by molar-refractivity contribution is -0.154. The summed E-state index contributed by atoms with van der Waals surface area (Å²) in [6, 6.07) is 0. The Morgan fingerprint density at radius 1 is 1.16 bits per heavy atom. The molecule has 3 nitrogen and oxygen atoms in total. The molecule has 2 saturated carbocycles. The van der Waals surface area contributed by atoms with Crippen molar-refractivity contribution in [2.24, 2.45) is 46.8 Å². The molecule has 2 aliphatic heterocycles. The first-order valence-corrected chi connectivity index (χ1v) is 13.3. The van der Waals surface area contributed by atoms with Crippen LogP contribution in [0.15, 0.2) is 12.2 Å². The second-order valence-electron chi connectivity index (χ2n) is 12.6. The number of Topliss-reactive ketones (excluding diaryl/α,β-unsaturated/α-hetero) is 1. The molecule has 3 heteroatoms. The highest BCUT2D eigenvalue weighted by atomic mass is 16.5. The molecule has 4 fully saturated rings. The van der Waals surface area contributed by atoms with Crippen LogP contribution in [-0.4, -0.2) is 28.7 Å². The maximum Gasteiger partial charge on any atom is 0.193 e. The Bertz CT molecular complexity index is 728. The monoisotopic (exact) mass is 428 g/mol. The third-order valence-electron chi connectivity index (χ3n) is 10.6. The summed E-state index contributed by atoms with van der Waals surface area (Å²) in [5.74, 6) is 3.85. The lowest BCUT2D eigenvalue weighted by Gasteiger charge is -2.50. The van der Waals surface area contributed by atoms with E-state index >= 15 is 0 Å². The van der Waals surface area contributed by atoms with Crippen LogP contribution in [0.3, 0.4) is 0 Å². The number of allylic oxidation sites excluding steroid dienone is 1. The molecule has 0 aromatic carbocycles. The van der Waals surface area contributed by atoms with Gasteiger partial charge in [-0.2, -0.15) is 0 Å². The molecule has 3 unspecified atom stereocenters. The fourth-order valence-electron chi connectivity index (χ4n) is 8.97. The number of hydrogen-bond acceptors (Lipinski definition) is 3. The van der Waals surface area contributed by atoms with E-state index in [1.165, 1.54) is 44.9 Å². The van der Waals surface area contributed by atoms with E-state index in [1.807, 2.05) is 6.08 Å². The summed E-state index contributed by atoms with van der Waals surface area (Å²) < 4.78 is 6.54. The van der Waals surface area contributed by atoms with Crippen LogP contribution in [-0.2, 0) is 9.53 Å². The van der Waals surface area contributed by atoms with Crippen LogP contribution in [0.2, 0.25) is 0 Å². The average molecular weight is 429 g/mol. The topological polar surface area (TPSA) is 46.5 Å². The van der Waals surface area contributed by atoms with Crippen molar-refractivity contribution in [3.05, 3.63) is 12.2 Å². The van der Waals surface area contributed by atoms with E-state index in [9.17, 15) is 9.90 Å². The van der Waals surface area contributed by atoms with Crippen molar-refractivity contribution in [2.45, 2.75) is 110 Å². The molecule has 2 heterocycles. The highest BCUT2D eigenvalue weighted by molar-refractivity contribution is 5.92. The summed E-state index contributed by atoms with van der Waals surface area (Å²) in [5, 5.41) is 11.5. The summed E-state index contributed by atoms with van der Waals surface area (Å²) in [6.45, 7) is 9.70. The standard InChI is InChI=1S/C28H44O3/c1-17(2)8-7-9-18(3)21-11-12-22-24-20(13-15-27(21,22)4)23-16-19-10-5-6-14-28(19,30)26(29)25(24)31-23/h5-6,17-25,30H,7-16H2,1-4H3/t18-,19?,20-,21-,22+,23?,24?,25-,27-,28-/m1/s1. The minimum atomic E-state index is -1.19. The molecular formula is C28H44O3. The number of aliphatic hydroxyl groups is 1. The number of carbonyl (C=O) groups is 1. The Morgan fingerprint density at radius 3 is 2.74 bits per heavy atom. The predicted octanol–water partition coefficient (Wildman–Crippen LogP) is 5.95. The highest BCUT2D eigenvalue weighted by Gasteiger charge is 2.65. The first kappa shape index (κ1) is 22.1. The largest absolute Gasteiger partial charge is 0.381 e. The van der Waals surface area contributed by atoms with E-state index in [-0.39, 0.29) is 23.9 Å². The van der Waals surface area contributed by atoms with Gasteiger partial charge in [-0.05, 0) is 73.5 Å². The van der Waals surface area contributed by atoms with Crippen LogP contribution in [0.1, 0.15) is 91.9 Å². The number of rotatable bonds is 5. The molecule has 0 radical (unpaired) electrons. The zero-order valence-electron chi connectivity index (χ0n) is 20.2. The van der Waals surface area contributed by atoms with Crippen molar-refractivity contribution >= 4 is 5.78 Å². The summed E-state index contributed by atoms with van der Waals surface area (Å²) in [4.78, 5) is 13.7. The van der Waals surface area contributed by atoms with Gasteiger partial charge >= 0.3 is 0 Å². The smallest absolute Gasteiger partial charge is 0.193 e. The summed E-state index contributed by atoms with van der Waals surface area (Å²) in [6.07, 6.45) is 15.2. The number of ether oxygens (including phenoxy) is 1. The van der Waals surface area contributed by atoms with Gasteiger partial charge in [-0.3, -0.25) is 4.79 Å². The number of ketones is 1. The SMILES string of the molecule is CC(C)CCC[C@@H](C)[C@H]1CC[C@H]2C3[C@H](CC[C@]12C)C1CC2CC=CC[C@]2(O)C(=O)[C@@H]3O1. The Morgan fingerprint density at radius 2 is 1.97 bits per heavy atom. The second kappa shape index (κ2) is 7.97. The quantitative estimate of drug-likeness (QED) is 0.551. The lowest BCUT2D eigenvalue weighted by atomic mass is 9.53. The van der Waals surface area contributed by atoms with Crippen molar-refractivity contribution in [3.63, 3.8) is 0 Å². The highest BCUT2D eigenvalue weighted by Crippen LogP contribution is 2.65. The van der Waals surface area contributed by atoms with E-state index < -0.39 is 5.60 Å². The number of carbonyl (C=O) groups excluding carboxylic acids is 1. The molecule has 2 saturated heterocycles. The third kappa shape index (κ3) is 3.39. The lowest BCUT2D eigenvalue weighted by Crippen LogP contribution is -2.56. The van der Waals surface area contributed by atoms with E-state index in [2.05, 4.69) is 33.8 Å². The van der Waals surface area contributed by atoms with Crippen LogP contribution in [0.4, 0.5) is 0 Å². The molecule has 10 atom stereocenters. The first-order valence-electron chi connectivity index (χ1n) is 13.3. The van der Waals surface area contributed by atoms with E-state index in [0.717, 1.165) is 30.6 Å². The zero-order valence-corrected chi connectivity index (χ0v) is 20.2. The van der Waals surface area contributed by atoms with Gasteiger partial charge in [0.1, 0.15) is 11.7 Å². The molecule has 0 amide bonds. The molecule has 5 rings (SSSR count). The fourth-order valence-corrected chi connectivity index (χ4v) is 8.97. The van der Waals surface area contributed by atoms with Crippen molar-refractivity contribution in [1.82, 2.24) is 0 Å². The summed E-state index contributed by atoms with van der Waals surface area (Å²) >= 11 is 0. The normalized spacial score (nSPS) is 49.5. The average Bonchev–Trinajstić information content (AvgIpc) is 3.22. The fraction of sp³-hybridized carbons (Fsp3) is 0.893. The number of hydrogen-bond donors (Lipinski definition) is 1. The Hall–Kier alpha value is -0.670. The minimum absolute atomic E-state index is 0.0227. The van der Waals surface area contributed by atoms with Gasteiger partial charge in [-0.25, -0.2) is 0 Å². The molecule has 0 spiro atoms. The summed E-state index contributed by atoms with van der Waals surface area (Å²) in [5.41, 5.74) is -0.849. The maximum atomic E-state index is 13.7. The van der Waals surface area contributed by atoms with Gasteiger partial charge in [-0.1, -0.05) is 59.1 Å². The van der Waals surface area contributed by atoms with Crippen LogP contribution >= 0.6 is 0 Å². The van der Waals surface area contributed by atoms with Gasteiger partial charge in [0.15, 0.2) is 5.78 Å². The van der Waals surface area contributed by atoms with Crippen LogP contribution in [0, 0.1) is 46.8 Å². The van der Waals surface area contributed by atoms with Gasteiger partial charge in [0.2, 0.25) is 0 Å². The van der Waals surface area contributed by atoms with Gasteiger partial charge in [0.05, 0.1) is 6.10 Å². The van der Waals surface area contributed by atoms with Crippen LogP contribution in [0.25, 0.3) is 0 Å². The molecular weight excluding hydrogens is 384 g/mol. The van der Waals surface area contributed by atoms with Crippen molar-refractivity contribution in [2.75, 3.05) is 0 Å². The molecule has 31 heavy (non-hydrogen) atoms. The Balaban J connectivity index is 1.37. The first-order chi connectivity index (χ1) is 14.8. The van der Waals surface area contributed by atoms with Crippen LogP contribution < -0.4 is 0 Å². The van der Waals surface area contributed by atoms with Gasteiger partial charge in [0.25, 0.3) is 0 Å². The molecule has 0 aromatic rings. The molecule has 2 bridgehead atoms. The molecule has 1 N–H and O–H groups in total. The Labute approximate surface area is 189 Å². The van der Waals surface area contributed by atoms with E-state index in [4.69, 9.17) is 4.74 Å². The molecule has 5 aliphatic rings. The van der Waals surface area contributed by atoms with E-state index in [1.54, 1.807) is 0 Å². The third-order valence-corrected chi connectivity index (χ3v) is 10.6. The number of fused-ring (bicyclic) bond motifs is 8. The zero-order chi connectivity index (χ0) is 22.0. The van der Waals surface area contributed by atoms with Gasteiger partial charge in [-0.15, -0.1) is 0 Å². The van der Waals surface area contributed by atoms with Crippen LogP contribution in [0.5, 0.6) is 0 Å². The van der Waals surface area contributed by atoms with Crippen molar-refractivity contribution < 1.29 is 14.6 Å². The predicted molar refractivity (Wildman–Crippen MR) is 123 cm³/mol. The van der Waals surface area contributed by atoms with E-state index in [0.29, 0.717) is 29.6 Å². The molecule has 0 aromatic heterocycles. The second-order valence-corrected chi connectivity index (χ2v) is 12.6. The van der Waals surface area contributed by atoms with Gasteiger partial charge in [0, 0.05) is 18.3 Å². The van der Waals surface area contributed by atoms with Gasteiger partial charge < -0.3 is 9.84 Å². The minimum Gasteiger partial charge on any atom is -0.381 e. The van der Waals surface area contributed by atoms with Crippen molar-refractivity contribution in [3.8, 4) is 0 Å². The molecule has 174 valence electrons. The van der Waals surface area contributed by atoms with Crippen molar-refractivity contribution in [1.29, 1.82) is 0 Å². The summed E-state index contributed by atoms with van der Waals surface area (Å²) in [7, 11) is 0. The molecule has 3 aliphatic carbocycles.